The van der Waals surface area contributed by atoms with Gasteiger partial charge in [-0.05, 0) is 29.3 Å². The molecule has 1 aromatic heterocycles. The normalized spacial score (nSPS) is 15.7. The number of aliphatic imine (C=N–C) groups is 1. The second-order valence-electron chi connectivity index (χ2n) is 7.04. The van der Waals surface area contributed by atoms with E-state index in [-0.39, 0.29) is 5.41 Å². The van der Waals surface area contributed by atoms with Crippen molar-refractivity contribution in [3.63, 3.8) is 0 Å². The summed E-state index contributed by atoms with van der Waals surface area (Å²) in [7, 11) is 0. The van der Waals surface area contributed by atoms with Crippen LogP contribution < -0.4 is 0 Å². The Balaban J connectivity index is 1.79. The van der Waals surface area contributed by atoms with Crippen molar-refractivity contribution in [1.29, 1.82) is 0 Å². The second-order valence-corrected chi connectivity index (χ2v) is 7.04. The molecule has 2 heteroatoms. The number of rotatable bonds is 1. The van der Waals surface area contributed by atoms with Crippen LogP contribution in [0.3, 0.4) is 0 Å². The monoisotopic (exact) mass is 310 g/mol. The SMILES string of the molecule is CC1(C)C(c2ccccc2)=Nc2cc3c(cc21)[nH]c1ccccc13. The third kappa shape index (κ3) is 1.74. The van der Waals surface area contributed by atoms with Gasteiger partial charge >= 0.3 is 0 Å². The lowest BCUT2D eigenvalue weighted by Gasteiger charge is -2.22. The van der Waals surface area contributed by atoms with Crippen LogP contribution in [0.4, 0.5) is 5.69 Å². The molecule has 0 amide bonds. The molecular weight excluding hydrogens is 292 g/mol. The number of nitrogens with one attached hydrogen (secondary N) is 1. The molecule has 4 aromatic rings. The van der Waals surface area contributed by atoms with Crippen molar-refractivity contribution >= 4 is 33.2 Å². The quantitative estimate of drug-likeness (QED) is 0.465. The van der Waals surface area contributed by atoms with Gasteiger partial charge in [-0.2, -0.15) is 0 Å². The smallest absolute Gasteiger partial charge is 0.0682 e. The van der Waals surface area contributed by atoms with Gasteiger partial charge in [0.2, 0.25) is 0 Å². The largest absolute Gasteiger partial charge is 0.354 e. The highest BCUT2D eigenvalue weighted by atomic mass is 14.8. The average Bonchev–Trinajstić information content (AvgIpc) is 3.09. The summed E-state index contributed by atoms with van der Waals surface area (Å²) < 4.78 is 0. The van der Waals surface area contributed by atoms with E-state index in [1.54, 1.807) is 0 Å². The van der Waals surface area contributed by atoms with Gasteiger partial charge in [0, 0.05) is 27.2 Å². The lowest BCUT2D eigenvalue weighted by molar-refractivity contribution is 0.738. The summed E-state index contributed by atoms with van der Waals surface area (Å²) in [6, 6.07) is 23.5. The molecule has 5 rings (SSSR count). The van der Waals surface area contributed by atoms with Crippen molar-refractivity contribution in [2.24, 2.45) is 4.99 Å². The van der Waals surface area contributed by atoms with E-state index in [9.17, 15) is 0 Å². The summed E-state index contributed by atoms with van der Waals surface area (Å²) >= 11 is 0. The van der Waals surface area contributed by atoms with Crippen LogP contribution in [0.5, 0.6) is 0 Å². The maximum Gasteiger partial charge on any atom is 0.0682 e. The molecule has 0 bridgehead atoms. The molecule has 0 aliphatic carbocycles. The van der Waals surface area contributed by atoms with Crippen LogP contribution in [0, 0.1) is 0 Å². The second kappa shape index (κ2) is 4.57. The minimum absolute atomic E-state index is 0.0951. The lowest BCUT2D eigenvalue weighted by Crippen LogP contribution is -2.26. The molecule has 0 saturated carbocycles. The minimum Gasteiger partial charge on any atom is -0.354 e. The maximum atomic E-state index is 5.01. The molecule has 0 saturated heterocycles. The van der Waals surface area contributed by atoms with Crippen molar-refractivity contribution in [3.8, 4) is 0 Å². The molecule has 0 radical (unpaired) electrons. The van der Waals surface area contributed by atoms with Gasteiger partial charge in [-0.15, -0.1) is 0 Å². The van der Waals surface area contributed by atoms with Crippen LogP contribution >= 0.6 is 0 Å². The molecular formula is C22H18N2. The number of benzene rings is 3. The molecule has 24 heavy (non-hydrogen) atoms. The van der Waals surface area contributed by atoms with Gasteiger partial charge in [-0.1, -0.05) is 62.4 Å². The highest BCUT2D eigenvalue weighted by molar-refractivity contribution is 6.15. The molecule has 2 nitrogen and oxygen atoms in total. The van der Waals surface area contributed by atoms with Gasteiger partial charge in [0.1, 0.15) is 0 Å². The first-order valence-corrected chi connectivity index (χ1v) is 8.34. The zero-order valence-electron chi connectivity index (χ0n) is 13.8. The van der Waals surface area contributed by atoms with Gasteiger partial charge in [-0.3, -0.25) is 4.99 Å². The fourth-order valence-corrected chi connectivity index (χ4v) is 3.89. The van der Waals surface area contributed by atoms with Crippen molar-refractivity contribution in [3.05, 3.63) is 77.9 Å². The summed E-state index contributed by atoms with van der Waals surface area (Å²) in [5.41, 5.74) is 7.01. The Labute approximate surface area is 140 Å². The number of nitrogens with zero attached hydrogens (tertiary/aromatic N) is 1. The third-order valence-corrected chi connectivity index (χ3v) is 5.17. The number of fused-ring (bicyclic) bond motifs is 4. The van der Waals surface area contributed by atoms with Crippen molar-refractivity contribution in [2.75, 3.05) is 0 Å². The van der Waals surface area contributed by atoms with E-state index < -0.39 is 0 Å². The molecule has 1 N–H and O–H groups in total. The molecule has 1 aliphatic rings. The molecule has 1 aliphatic heterocycles. The number of H-pyrrole nitrogens is 1. The average molecular weight is 310 g/mol. The van der Waals surface area contributed by atoms with Crippen LogP contribution in [0.1, 0.15) is 25.0 Å². The van der Waals surface area contributed by atoms with E-state index in [1.165, 1.54) is 32.9 Å². The molecule has 116 valence electrons. The van der Waals surface area contributed by atoms with Crippen molar-refractivity contribution < 1.29 is 0 Å². The zero-order chi connectivity index (χ0) is 16.3. The van der Waals surface area contributed by atoms with Gasteiger partial charge < -0.3 is 4.98 Å². The molecule has 3 aromatic carbocycles. The summed E-state index contributed by atoms with van der Waals surface area (Å²) in [5.74, 6) is 0. The Bertz CT molecular complexity index is 1110. The van der Waals surface area contributed by atoms with E-state index in [4.69, 9.17) is 4.99 Å². The fourth-order valence-electron chi connectivity index (χ4n) is 3.89. The summed E-state index contributed by atoms with van der Waals surface area (Å²) in [5, 5.41) is 2.51. The van der Waals surface area contributed by atoms with Crippen LogP contribution in [-0.2, 0) is 5.41 Å². The first-order valence-electron chi connectivity index (χ1n) is 8.34. The predicted octanol–water partition coefficient (Wildman–Crippen LogP) is 5.73. The highest BCUT2D eigenvalue weighted by Crippen LogP contribution is 2.44. The number of aromatic nitrogens is 1. The lowest BCUT2D eigenvalue weighted by atomic mass is 9.79. The number of para-hydroxylation sites is 1. The predicted molar refractivity (Wildman–Crippen MR) is 101 cm³/mol. The van der Waals surface area contributed by atoms with Crippen LogP contribution in [0.15, 0.2) is 71.7 Å². The fraction of sp³-hybridized carbons (Fsp3) is 0.136. The molecule has 0 fully saturated rings. The first kappa shape index (κ1) is 13.6. The van der Waals surface area contributed by atoms with Gasteiger partial charge in [0.25, 0.3) is 0 Å². The molecule has 0 unspecified atom stereocenters. The van der Waals surface area contributed by atoms with Gasteiger partial charge in [-0.25, -0.2) is 0 Å². The topological polar surface area (TPSA) is 28.1 Å². The van der Waals surface area contributed by atoms with E-state index in [0.29, 0.717) is 0 Å². The Hall–Kier alpha value is -2.87. The Morgan fingerprint density at radius 2 is 1.54 bits per heavy atom. The van der Waals surface area contributed by atoms with Crippen LogP contribution in [-0.4, -0.2) is 10.7 Å². The zero-order valence-corrected chi connectivity index (χ0v) is 13.8. The molecule has 0 atom stereocenters. The van der Waals surface area contributed by atoms with E-state index in [1.807, 2.05) is 0 Å². The summed E-state index contributed by atoms with van der Waals surface area (Å²) in [4.78, 5) is 8.56. The van der Waals surface area contributed by atoms with Gasteiger partial charge in [0.05, 0.1) is 11.4 Å². The first-order chi connectivity index (χ1) is 11.6. The highest BCUT2D eigenvalue weighted by Gasteiger charge is 2.36. The Kier molecular flexibility index (Phi) is 2.58. The van der Waals surface area contributed by atoms with Crippen LogP contribution in [0.2, 0.25) is 0 Å². The van der Waals surface area contributed by atoms with Crippen LogP contribution in [0.25, 0.3) is 21.8 Å². The third-order valence-electron chi connectivity index (χ3n) is 5.17. The van der Waals surface area contributed by atoms with E-state index >= 15 is 0 Å². The van der Waals surface area contributed by atoms with E-state index in [2.05, 4.69) is 85.6 Å². The Morgan fingerprint density at radius 3 is 2.38 bits per heavy atom. The maximum absolute atomic E-state index is 5.01. The van der Waals surface area contributed by atoms with E-state index in [0.717, 1.165) is 11.4 Å². The van der Waals surface area contributed by atoms with Gasteiger partial charge in [0.15, 0.2) is 0 Å². The van der Waals surface area contributed by atoms with Crippen molar-refractivity contribution in [2.45, 2.75) is 19.3 Å². The van der Waals surface area contributed by atoms with Crippen molar-refractivity contribution in [1.82, 2.24) is 4.98 Å². The number of aromatic amines is 1. The number of hydrogen-bond acceptors (Lipinski definition) is 1. The summed E-state index contributed by atoms with van der Waals surface area (Å²) in [6.45, 7) is 4.53. The molecule has 0 spiro atoms. The minimum atomic E-state index is -0.0951. The molecule has 2 heterocycles. The Morgan fingerprint density at radius 1 is 0.792 bits per heavy atom. The number of hydrogen-bond donors (Lipinski definition) is 1. The summed E-state index contributed by atoms with van der Waals surface area (Å²) in [6.07, 6.45) is 0. The standard InChI is InChI=1S/C22H18N2/c1-22(2)17-13-19-16(15-10-6-7-11-18(15)23-19)12-20(17)24-21(22)14-8-4-3-5-9-14/h3-13,23H,1-2H3.